The van der Waals surface area contributed by atoms with E-state index in [2.05, 4.69) is 39.2 Å². The van der Waals surface area contributed by atoms with E-state index in [0.29, 0.717) is 11.3 Å². The van der Waals surface area contributed by atoms with Crippen LogP contribution in [0.5, 0.6) is 11.8 Å². The molecule has 1 aliphatic carbocycles. The minimum atomic E-state index is -1.11. The molecule has 2 aromatic carbocycles. The van der Waals surface area contributed by atoms with Crippen molar-refractivity contribution in [3.05, 3.63) is 66.5 Å². The maximum absolute atomic E-state index is 12.5. The van der Waals surface area contributed by atoms with Gasteiger partial charge in [-0.25, -0.2) is 14.2 Å². The Balaban J connectivity index is 1.55. The molecule has 4 aromatic rings. The summed E-state index contributed by atoms with van der Waals surface area (Å²) in [6.45, 7) is 6.22. The molecule has 0 saturated heterocycles. The first-order valence-electron chi connectivity index (χ1n) is 11.2. The van der Waals surface area contributed by atoms with Crippen molar-refractivity contribution in [1.82, 2.24) is 14.5 Å². The molecule has 1 saturated carbocycles. The molecule has 0 aliphatic heterocycles. The van der Waals surface area contributed by atoms with Crippen molar-refractivity contribution in [1.29, 1.82) is 5.26 Å². The second-order valence-corrected chi connectivity index (χ2v) is 10.7. The summed E-state index contributed by atoms with van der Waals surface area (Å²) in [6, 6.07) is 17.9. The number of anilines is 1. The molecule has 1 atom stereocenters. The van der Waals surface area contributed by atoms with Crippen LogP contribution in [0.3, 0.4) is 0 Å². The van der Waals surface area contributed by atoms with Crippen LogP contribution < -0.4 is 9.46 Å². The molecule has 0 amide bonds. The Morgan fingerprint density at radius 2 is 1.85 bits per heavy atom. The van der Waals surface area contributed by atoms with Crippen molar-refractivity contribution in [2.45, 2.75) is 44.4 Å². The van der Waals surface area contributed by atoms with E-state index in [1.54, 1.807) is 18.5 Å². The molecule has 0 radical (unpaired) electrons. The number of fused-ring (bicyclic) bond motifs is 1. The Bertz CT molecular complexity index is 1420. The zero-order valence-corrected chi connectivity index (χ0v) is 20.1. The lowest BCUT2D eigenvalue weighted by Crippen LogP contribution is -2.19. The van der Waals surface area contributed by atoms with Crippen LogP contribution in [0.4, 0.5) is 5.69 Å². The summed E-state index contributed by atoms with van der Waals surface area (Å²) in [7, 11) is -1.11. The van der Waals surface area contributed by atoms with Crippen LogP contribution in [0.15, 0.2) is 60.9 Å². The molecule has 1 fully saturated rings. The third-order valence-electron chi connectivity index (χ3n) is 6.13. The summed E-state index contributed by atoms with van der Waals surface area (Å²) in [6.07, 6.45) is 5.21. The zero-order valence-electron chi connectivity index (χ0n) is 19.3. The van der Waals surface area contributed by atoms with Crippen molar-refractivity contribution in [3.63, 3.8) is 0 Å². The smallest absolute Gasteiger partial charge is 0.321 e. The summed E-state index contributed by atoms with van der Waals surface area (Å²) >= 11 is 0. The third kappa shape index (κ3) is 4.03. The zero-order chi connectivity index (χ0) is 23.9. The van der Waals surface area contributed by atoms with Gasteiger partial charge >= 0.3 is 6.01 Å². The normalized spacial score (nSPS) is 15.1. The van der Waals surface area contributed by atoms with E-state index in [4.69, 9.17) is 4.74 Å². The van der Waals surface area contributed by atoms with Crippen LogP contribution in [0, 0.1) is 11.3 Å². The number of aromatic nitrogens is 3. The molecule has 1 N–H and O–H groups in total. The summed E-state index contributed by atoms with van der Waals surface area (Å²) in [4.78, 5) is 8.25. The number of nitrogens with zero attached hydrogens (tertiary/aromatic N) is 4. The monoisotopic (exact) mass is 471 g/mol. The summed E-state index contributed by atoms with van der Waals surface area (Å²) in [5.41, 5.74) is 4.09. The molecule has 0 bridgehead atoms. The van der Waals surface area contributed by atoms with Crippen LogP contribution >= 0.6 is 0 Å². The van der Waals surface area contributed by atoms with Gasteiger partial charge in [0, 0.05) is 35.6 Å². The fourth-order valence-corrected chi connectivity index (χ4v) is 5.09. The summed E-state index contributed by atoms with van der Waals surface area (Å²) < 4.78 is 23.5. The highest BCUT2D eigenvalue weighted by Crippen LogP contribution is 2.42. The molecule has 172 valence electrons. The van der Waals surface area contributed by atoms with Crippen LogP contribution in [0.1, 0.15) is 45.2 Å². The van der Waals surface area contributed by atoms with Crippen LogP contribution in [-0.2, 0) is 11.0 Å². The van der Waals surface area contributed by atoms with Crippen molar-refractivity contribution < 1.29 is 8.95 Å². The average molecular weight is 472 g/mol. The Morgan fingerprint density at radius 1 is 1.15 bits per heavy atom. The second kappa shape index (κ2) is 8.58. The number of benzene rings is 2. The highest BCUT2D eigenvalue weighted by Gasteiger charge is 2.44. The lowest BCUT2D eigenvalue weighted by Gasteiger charge is -2.16. The first kappa shape index (κ1) is 22.1. The molecule has 7 nitrogen and oxygen atoms in total. The molecule has 34 heavy (non-hydrogen) atoms. The van der Waals surface area contributed by atoms with Crippen molar-refractivity contribution in [2.75, 3.05) is 4.72 Å². The largest absolute Gasteiger partial charge is 0.424 e. The minimum absolute atomic E-state index is 0.1000. The number of nitriles is 1. The van der Waals surface area contributed by atoms with Gasteiger partial charge in [0.25, 0.3) is 0 Å². The Hall–Kier alpha value is -3.70. The molecule has 2 heterocycles. The van der Waals surface area contributed by atoms with E-state index in [0.717, 1.165) is 40.7 Å². The number of hydrogen-bond acceptors (Lipinski definition) is 5. The molecule has 8 heteroatoms. The number of rotatable bonds is 7. The van der Waals surface area contributed by atoms with Gasteiger partial charge in [-0.1, -0.05) is 12.1 Å². The van der Waals surface area contributed by atoms with Gasteiger partial charge in [-0.15, -0.1) is 0 Å². The Labute approximate surface area is 201 Å². The number of ether oxygens (including phenoxy) is 1. The predicted octanol–water partition coefficient (Wildman–Crippen LogP) is 5.97. The average Bonchev–Trinajstić information content (AvgIpc) is 3.50. The molecule has 5 rings (SSSR count). The molecule has 2 aromatic heterocycles. The van der Waals surface area contributed by atoms with Gasteiger partial charge in [0.2, 0.25) is 0 Å². The first-order valence-corrected chi connectivity index (χ1v) is 12.4. The van der Waals surface area contributed by atoms with E-state index in [1.165, 1.54) is 0 Å². The summed E-state index contributed by atoms with van der Waals surface area (Å²) in [5, 5.41) is 10.9. The molecule has 1 unspecified atom stereocenters. The van der Waals surface area contributed by atoms with Crippen LogP contribution in [0.25, 0.3) is 22.2 Å². The van der Waals surface area contributed by atoms with Gasteiger partial charge in [-0.3, -0.25) is 0 Å². The van der Waals surface area contributed by atoms with Gasteiger partial charge in [-0.2, -0.15) is 5.26 Å². The quantitative estimate of drug-likeness (QED) is 0.358. The topological polar surface area (TPSA) is 92.8 Å². The molecular formula is C26H25N5O2S. The maximum atomic E-state index is 12.5. The van der Waals surface area contributed by atoms with Gasteiger partial charge in [0.1, 0.15) is 22.8 Å². The van der Waals surface area contributed by atoms with E-state index in [-0.39, 0.29) is 16.8 Å². The van der Waals surface area contributed by atoms with Crippen molar-refractivity contribution >= 4 is 27.6 Å². The van der Waals surface area contributed by atoms with E-state index >= 15 is 0 Å². The van der Waals surface area contributed by atoms with E-state index in [1.807, 2.05) is 49.4 Å². The fourth-order valence-electron chi connectivity index (χ4n) is 4.02. The standard InChI is InChI=1S/C26H25N5O2S/c1-17(2)31-23-15-20(33-25-28-13-4-14-29-25)9-10-21(23)22(16-27)24(31)18-5-7-19(8-6-18)30-34(32)26(3)11-12-26/h4-10,13-15,17,30H,11-12H2,1-3H3. The fraction of sp³-hybridized carbons (Fsp3) is 0.269. The third-order valence-corrected chi connectivity index (χ3v) is 7.85. The first-order chi connectivity index (χ1) is 16.4. The van der Waals surface area contributed by atoms with Gasteiger partial charge < -0.3 is 14.0 Å². The SMILES string of the molecule is CC(C)n1c(-c2ccc(NS(=O)C3(C)CC3)cc2)c(C#N)c2ccc(Oc3ncccn3)cc21. The van der Waals surface area contributed by atoms with Gasteiger partial charge in [-0.05, 0) is 69.5 Å². The second-order valence-electron chi connectivity index (χ2n) is 9.01. The lowest BCUT2D eigenvalue weighted by atomic mass is 10.1. The molecule has 0 spiro atoms. The molecular weight excluding hydrogens is 446 g/mol. The number of nitrogens with one attached hydrogen (secondary N) is 1. The van der Waals surface area contributed by atoms with Crippen LogP contribution in [0.2, 0.25) is 0 Å². The number of hydrogen-bond donors (Lipinski definition) is 1. The van der Waals surface area contributed by atoms with E-state index in [9.17, 15) is 9.47 Å². The van der Waals surface area contributed by atoms with Crippen molar-refractivity contribution in [2.24, 2.45) is 0 Å². The van der Waals surface area contributed by atoms with Crippen LogP contribution in [-0.4, -0.2) is 23.5 Å². The Kier molecular flexibility index (Phi) is 5.58. The molecule has 1 aliphatic rings. The predicted molar refractivity (Wildman–Crippen MR) is 134 cm³/mol. The van der Waals surface area contributed by atoms with E-state index < -0.39 is 11.0 Å². The van der Waals surface area contributed by atoms with Crippen molar-refractivity contribution in [3.8, 4) is 29.1 Å². The highest BCUT2D eigenvalue weighted by molar-refractivity contribution is 7.88. The maximum Gasteiger partial charge on any atom is 0.321 e. The summed E-state index contributed by atoms with van der Waals surface area (Å²) in [5.74, 6) is 0.602. The van der Waals surface area contributed by atoms with Gasteiger partial charge in [0.15, 0.2) is 0 Å². The minimum Gasteiger partial charge on any atom is -0.424 e. The lowest BCUT2D eigenvalue weighted by molar-refractivity contribution is 0.442. The van der Waals surface area contributed by atoms with Gasteiger partial charge in [0.05, 0.1) is 21.5 Å². The highest BCUT2D eigenvalue weighted by atomic mass is 32.2. The Morgan fingerprint density at radius 3 is 2.47 bits per heavy atom.